The zero-order chi connectivity index (χ0) is 20.9. The molecule has 1 saturated heterocycles. The highest BCUT2D eigenvalue weighted by molar-refractivity contribution is 6.31. The van der Waals surface area contributed by atoms with Gasteiger partial charge in [0, 0.05) is 5.02 Å². The van der Waals surface area contributed by atoms with E-state index in [1.807, 2.05) is 50.2 Å². The highest BCUT2D eigenvalue weighted by Gasteiger charge is 2.53. The first-order valence-corrected chi connectivity index (χ1v) is 10.0. The number of hydrogen-bond donors (Lipinski definition) is 0. The monoisotopic (exact) mass is 398 g/mol. The molecule has 3 nitrogen and oxygen atoms in total. The number of ketones is 2. The molecule has 0 atom stereocenters. The van der Waals surface area contributed by atoms with Gasteiger partial charge in [0.25, 0.3) is 0 Å². The van der Waals surface area contributed by atoms with Crippen molar-refractivity contribution in [2.75, 3.05) is 0 Å². The Labute approximate surface area is 172 Å². The van der Waals surface area contributed by atoms with Crippen LogP contribution in [0.3, 0.4) is 0 Å². The topological polar surface area (TPSA) is 43.4 Å². The smallest absolute Gasteiger partial charge is 0.179 e. The van der Waals surface area contributed by atoms with E-state index in [2.05, 4.69) is 0 Å². The van der Waals surface area contributed by atoms with Crippen LogP contribution in [0.5, 0.6) is 0 Å². The van der Waals surface area contributed by atoms with E-state index in [0.29, 0.717) is 5.02 Å². The van der Waals surface area contributed by atoms with Gasteiger partial charge in [0.2, 0.25) is 0 Å². The highest BCUT2D eigenvalue weighted by atomic mass is 35.5. The zero-order valence-electron chi connectivity index (χ0n) is 17.4. The van der Waals surface area contributed by atoms with E-state index in [4.69, 9.17) is 16.3 Å². The van der Waals surface area contributed by atoms with Crippen LogP contribution in [-0.4, -0.2) is 22.8 Å². The lowest BCUT2D eigenvalue weighted by atomic mass is 9.73. The summed E-state index contributed by atoms with van der Waals surface area (Å²) in [6.07, 6.45) is 0.744. The molecule has 1 aliphatic rings. The fourth-order valence-corrected chi connectivity index (χ4v) is 4.14. The number of hydrogen-bond acceptors (Lipinski definition) is 3. The number of Topliss-reactive ketones (excluding diaryl/α,β-unsaturated/α-hetero) is 2. The van der Waals surface area contributed by atoms with Gasteiger partial charge in [-0.3, -0.25) is 9.59 Å². The molecule has 3 rings (SSSR count). The molecule has 1 fully saturated rings. The molecule has 4 heteroatoms. The first-order valence-electron chi connectivity index (χ1n) is 9.66. The summed E-state index contributed by atoms with van der Waals surface area (Å²) in [5.74, 6) is -1.19. The van der Waals surface area contributed by atoms with Crippen LogP contribution < -0.4 is 0 Å². The quantitative estimate of drug-likeness (QED) is 0.624. The minimum absolute atomic E-state index is 0.184. The van der Waals surface area contributed by atoms with Gasteiger partial charge in [0.05, 0.1) is 0 Å². The van der Waals surface area contributed by atoms with E-state index in [0.717, 1.165) is 34.2 Å². The average Bonchev–Trinajstić information content (AvgIpc) is 2.62. The largest absolute Gasteiger partial charge is 0.354 e. The van der Waals surface area contributed by atoms with Crippen molar-refractivity contribution < 1.29 is 14.3 Å². The van der Waals surface area contributed by atoms with Gasteiger partial charge in [-0.15, -0.1) is 0 Å². The van der Waals surface area contributed by atoms with Crippen molar-refractivity contribution in [3.8, 4) is 11.1 Å². The van der Waals surface area contributed by atoms with Gasteiger partial charge in [-0.05, 0) is 87.1 Å². The molecule has 2 aromatic carbocycles. The molecule has 2 aromatic rings. The normalized spacial score (nSPS) is 19.1. The Balaban J connectivity index is 2.18. The van der Waals surface area contributed by atoms with Crippen molar-refractivity contribution in [3.05, 3.63) is 58.1 Å². The molecule has 0 bridgehead atoms. The van der Waals surface area contributed by atoms with Crippen LogP contribution in [-0.2, 0) is 20.7 Å². The maximum atomic E-state index is 13.2. The van der Waals surface area contributed by atoms with Gasteiger partial charge in [-0.25, -0.2) is 0 Å². The molecule has 0 radical (unpaired) electrons. The second-order valence-electron chi connectivity index (χ2n) is 8.52. The van der Waals surface area contributed by atoms with E-state index in [1.165, 1.54) is 0 Å². The molecule has 28 heavy (non-hydrogen) atoms. The van der Waals surface area contributed by atoms with Crippen LogP contribution in [0.4, 0.5) is 0 Å². The van der Waals surface area contributed by atoms with Crippen LogP contribution in [0.15, 0.2) is 36.4 Å². The molecule has 148 valence electrons. The lowest BCUT2D eigenvalue weighted by molar-refractivity contribution is -0.184. The number of halogens is 1. The molecule has 1 aliphatic heterocycles. The number of benzene rings is 2. The SMILES string of the molecule is CCc1ccc(-c2ccc(Cl)c(C)c2)cc1C1C(=O)C(C)(C)OC(C)(C)C1=O. The van der Waals surface area contributed by atoms with E-state index in [-0.39, 0.29) is 11.6 Å². The van der Waals surface area contributed by atoms with E-state index < -0.39 is 17.1 Å². The molecular formula is C24H27ClO3. The maximum Gasteiger partial charge on any atom is 0.179 e. The predicted octanol–water partition coefficient (Wildman–Crippen LogP) is 5.69. The lowest BCUT2D eigenvalue weighted by Gasteiger charge is -2.43. The van der Waals surface area contributed by atoms with Crippen LogP contribution in [0.25, 0.3) is 11.1 Å². The second-order valence-corrected chi connectivity index (χ2v) is 8.92. The van der Waals surface area contributed by atoms with Gasteiger partial charge in [0.15, 0.2) is 11.6 Å². The summed E-state index contributed by atoms with van der Waals surface area (Å²) in [5, 5.41) is 0.715. The molecule has 1 heterocycles. The Hall–Kier alpha value is -1.97. The maximum absolute atomic E-state index is 13.2. The number of rotatable bonds is 3. The van der Waals surface area contributed by atoms with Gasteiger partial charge in [-0.1, -0.05) is 36.7 Å². The van der Waals surface area contributed by atoms with Gasteiger partial charge < -0.3 is 4.74 Å². The van der Waals surface area contributed by atoms with E-state index in [1.54, 1.807) is 27.7 Å². The summed E-state index contributed by atoms with van der Waals surface area (Å²) >= 11 is 6.17. The molecule has 0 spiro atoms. The molecule has 0 amide bonds. The van der Waals surface area contributed by atoms with Crippen molar-refractivity contribution in [2.24, 2.45) is 0 Å². The molecule has 0 N–H and O–H groups in total. The summed E-state index contributed by atoms with van der Waals surface area (Å²) in [6, 6.07) is 11.9. The molecule has 0 aromatic heterocycles. The molecule has 0 saturated carbocycles. The molecule has 0 aliphatic carbocycles. The first kappa shape index (κ1) is 20.8. The Morgan fingerprint density at radius 1 is 0.929 bits per heavy atom. The number of ether oxygens (including phenoxy) is 1. The summed E-state index contributed by atoms with van der Waals surface area (Å²) in [4.78, 5) is 26.4. The van der Waals surface area contributed by atoms with Crippen molar-refractivity contribution in [3.63, 3.8) is 0 Å². The Morgan fingerprint density at radius 3 is 2.00 bits per heavy atom. The van der Waals surface area contributed by atoms with Crippen molar-refractivity contribution in [1.29, 1.82) is 0 Å². The van der Waals surface area contributed by atoms with Gasteiger partial charge >= 0.3 is 0 Å². The highest BCUT2D eigenvalue weighted by Crippen LogP contribution is 2.40. The minimum atomic E-state index is -1.01. The van der Waals surface area contributed by atoms with E-state index >= 15 is 0 Å². The van der Waals surface area contributed by atoms with E-state index in [9.17, 15) is 9.59 Å². The standard InChI is InChI=1S/C24H27ClO3/c1-7-15-8-9-17(16-10-11-19(25)14(2)12-16)13-18(15)20-21(26)23(3,4)28-24(5,6)22(20)27/h8-13,20H,7H2,1-6H3. The summed E-state index contributed by atoms with van der Waals surface area (Å²) in [6.45, 7) is 11.0. The van der Waals surface area contributed by atoms with Crippen LogP contribution in [0.2, 0.25) is 5.02 Å². The lowest BCUT2D eigenvalue weighted by Crippen LogP contribution is -2.58. The van der Waals surface area contributed by atoms with Crippen molar-refractivity contribution in [2.45, 2.75) is 65.1 Å². The molecule has 0 unspecified atom stereocenters. The number of aryl methyl sites for hydroxylation is 2. The fraction of sp³-hybridized carbons (Fsp3) is 0.417. The summed E-state index contributed by atoms with van der Waals surface area (Å²) < 4.78 is 5.84. The Morgan fingerprint density at radius 2 is 1.46 bits per heavy atom. The third-order valence-electron chi connectivity index (χ3n) is 5.55. The first-order chi connectivity index (χ1) is 13.0. The van der Waals surface area contributed by atoms with Crippen molar-refractivity contribution >= 4 is 23.2 Å². The third kappa shape index (κ3) is 3.54. The summed E-state index contributed by atoms with van der Waals surface area (Å²) in [5.41, 5.74) is 2.73. The van der Waals surface area contributed by atoms with Gasteiger partial charge in [-0.2, -0.15) is 0 Å². The number of carbonyl (C=O) groups excluding carboxylic acids is 2. The van der Waals surface area contributed by atoms with Crippen molar-refractivity contribution in [1.82, 2.24) is 0 Å². The minimum Gasteiger partial charge on any atom is -0.354 e. The molecular weight excluding hydrogens is 372 g/mol. The van der Waals surface area contributed by atoms with Crippen LogP contribution in [0.1, 0.15) is 57.2 Å². The Kier molecular flexibility index (Phi) is 5.28. The Bertz CT molecular complexity index is 930. The zero-order valence-corrected chi connectivity index (χ0v) is 18.1. The van der Waals surface area contributed by atoms with Gasteiger partial charge in [0.1, 0.15) is 17.1 Å². The summed E-state index contributed by atoms with van der Waals surface area (Å²) in [7, 11) is 0. The fourth-order valence-electron chi connectivity index (χ4n) is 4.02. The average molecular weight is 399 g/mol. The van der Waals surface area contributed by atoms with Crippen LogP contribution in [0, 0.1) is 6.92 Å². The second kappa shape index (κ2) is 7.13. The third-order valence-corrected chi connectivity index (χ3v) is 5.97. The van der Waals surface area contributed by atoms with Crippen LogP contribution >= 0.6 is 11.6 Å². The number of carbonyl (C=O) groups is 2. The predicted molar refractivity (Wildman–Crippen MR) is 113 cm³/mol.